The van der Waals surface area contributed by atoms with Crippen molar-refractivity contribution >= 4 is 21.8 Å². The van der Waals surface area contributed by atoms with Gasteiger partial charge in [-0.05, 0) is 85.8 Å². The van der Waals surface area contributed by atoms with Gasteiger partial charge in [-0.15, -0.1) is 0 Å². The number of fused-ring (bicyclic) bond motifs is 3. The highest BCUT2D eigenvalue weighted by atomic mass is 19.1. The summed E-state index contributed by atoms with van der Waals surface area (Å²) in [5.74, 6) is 1.47. The Bertz CT molecular complexity index is 3030. The van der Waals surface area contributed by atoms with Crippen molar-refractivity contribution in [1.82, 2.24) is 19.5 Å². The number of aryl methyl sites for hydroxylation is 4. The zero-order valence-corrected chi connectivity index (χ0v) is 33.9. The van der Waals surface area contributed by atoms with Crippen molar-refractivity contribution in [2.75, 3.05) is 0 Å². The SMILES string of the molecule is Cc1cc(C)cc(-c2ccc3c4ccc(-c5cc(C)cc(C)c5)cc4n(-c4cc(-c5nc(-c6ccccc6)nc(-c6ccccc6)n5)ccc4-c4ccc(F)cc4)c3c2)c1. The van der Waals surface area contributed by atoms with Gasteiger partial charge in [0, 0.05) is 33.0 Å². The lowest BCUT2D eigenvalue weighted by atomic mass is 9.98. The van der Waals surface area contributed by atoms with E-state index in [1.807, 2.05) is 72.8 Å². The number of nitrogens with zero attached hydrogens (tertiary/aromatic N) is 4. The first-order valence-electron chi connectivity index (χ1n) is 20.3. The topological polar surface area (TPSA) is 43.6 Å². The largest absolute Gasteiger partial charge is 0.309 e. The van der Waals surface area contributed by atoms with Crippen molar-refractivity contribution in [2.45, 2.75) is 27.7 Å². The lowest BCUT2D eigenvalue weighted by Gasteiger charge is -2.17. The van der Waals surface area contributed by atoms with Gasteiger partial charge in [0.05, 0.1) is 16.7 Å². The summed E-state index contributed by atoms with van der Waals surface area (Å²) in [5, 5.41) is 2.27. The van der Waals surface area contributed by atoms with E-state index in [2.05, 4.69) is 123 Å². The van der Waals surface area contributed by atoms with Crippen LogP contribution in [0.15, 0.2) is 176 Å². The Hall–Kier alpha value is -7.50. The molecule has 288 valence electrons. The number of rotatable bonds is 7. The van der Waals surface area contributed by atoms with Crippen LogP contribution < -0.4 is 0 Å². The third kappa shape index (κ3) is 6.94. The van der Waals surface area contributed by atoms with Gasteiger partial charge in [-0.3, -0.25) is 0 Å². The van der Waals surface area contributed by atoms with Crippen LogP contribution in [0.2, 0.25) is 0 Å². The first kappa shape index (κ1) is 36.8. The predicted octanol–water partition coefficient (Wildman–Crippen LogP) is 14.3. The minimum atomic E-state index is -0.281. The van der Waals surface area contributed by atoms with E-state index in [0.717, 1.165) is 66.4 Å². The quantitative estimate of drug-likeness (QED) is 0.162. The Labute approximate surface area is 349 Å². The van der Waals surface area contributed by atoms with Crippen molar-refractivity contribution in [3.05, 3.63) is 204 Å². The molecular weight excluding hydrogens is 736 g/mol. The minimum Gasteiger partial charge on any atom is -0.309 e. The van der Waals surface area contributed by atoms with E-state index >= 15 is 0 Å². The van der Waals surface area contributed by atoms with Crippen LogP contribution in [0.4, 0.5) is 4.39 Å². The Morgan fingerprint density at radius 1 is 0.350 bits per heavy atom. The fourth-order valence-electron chi connectivity index (χ4n) is 8.59. The van der Waals surface area contributed by atoms with E-state index in [-0.39, 0.29) is 5.82 Å². The average Bonchev–Trinajstić information content (AvgIpc) is 3.59. The minimum absolute atomic E-state index is 0.281. The standard InChI is InChI=1S/C55H41FN4/c1-34-25-35(2)28-44(27-34)41-17-23-48-49-24-18-42(45-29-36(3)26-37(4)30-45)32-52(49)60(51(48)31-41)50-33-43(19-22-47(50)38-15-20-46(56)21-16-38)55-58-53(39-11-7-5-8-12-39)57-54(59-55)40-13-9-6-10-14-40/h5-33H,1-4H3. The van der Waals surface area contributed by atoms with Crippen LogP contribution in [-0.2, 0) is 0 Å². The van der Waals surface area contributed by atoms with Crippen LogP contribution in [-0.4, -0.2) is 19.5 Å². The highest BCUT2D eigenvalue weighted by Crippen LogP contribution is 2.41. The van der Waals surface area contributed by atoms with E-state index < -0.39 is 0 Å². The average molecular weight is 777 g/mol. The van der Waals surface area contributed by atoms with Crippen molar-refractivity contribution in [3.63, 3.8) is 0 Å². The van der Waals surface area contributed by atoms with E-state index in [1.54, 1.807) is 0 Å². The van der Waals surface area contributed by atoms with Crippen molar-refractivity contribution in [2.24, 2.45) is 0 Å². The molecule has 0 unspecified atom stereocenters. The van der Waals surface area contributed by atoms with Crippen LogP contribution in [0.3, 0.4) is 0 Å². The Morgan fingerprint density at radius 3 is 1.23 bits per heavy atom. The van der Waals surface area contributed by atoms with Crippen LogP contribution >= 0.6 is 0 Å². The van der Waals surface area contributed by atoms with Gasteiger partial charge in [0.15, 0.2) is 17.5 Å². The molecule has 0 radical (unpaired) electrons. The number of halogens is 1. The van der Waals surface area contributed by atoms with Gasteiger partial charge in [-0.2, -0.15) is 0 Å². The van der Waals surface area contributed by atoms with Crippen LogP contribution in [0.25, 0.3) is 95.0 Å². The molecular formula is C55H41FN4. The number of hydrogen-bond acceptors (Lipinski definition) is 3. The molecule has 0 fully saturated rings. The fourth-order valence-corrected chi connectivity index (χ4v) is 8.59. The lowest BCUT2D eigenvalue weighted by Crippen LogP contribution is -2.02. The van der Waals surface area contributed by atoms with Gasteiger partial charge in [-0.1, -0.05) is 168 Å². The van der Waals surface area contributed by atoms with E-state index in [4.69, 9.17) is 15.0 Å². The van der Waals surface area contributed by atoms with Gasteiger partial charge in [0.2, 0.25) is 0 Å². The molecule has 10 rings (SSSR count). The second kappa shape index (κ2) is 15.0. The maximum Gasteiger partial charge on any atom is 0.164 e. The molecule has 0 saturated carbocycles. The van der Waals surface area contributed by atoms with Gasteiger partial charge in [-0.25, -0.2) is 19.3 Å². The van der Waals surface area contributed by atoms with Crippen LogP contribution in [0.1, 0.15) is 22.3 Å². The molecule has 0 aliphatic heterocycles. The second-order valence-corrected chi connectivity index (χ2v) is 15.8. The molecule has 0 aliphatic carbocycles. The molecule has 0 saturated heterocycles. The van der Waals surface area contributed by atoms with E-state index in [1.165, 1.54) is 45.5 Å². The van der Waals surface area contributed by atoms with Crippen molar-refractivity contribution in [3.8, 4) is 73.2 Å². The molecule has 0 aliphatic rings. The van der Waals surface area contributed by atoms with E-state index in [0.29, 0.717) is 17.5 Å². The van der Waals surface area contributed by atoms with Gasteiger partial charge >= 0.3 is 0 Å². The molecule has 60 heavy (non-hydrogen) atoms. The van der Waals surface area contributed by atoms with E-state index in [9.17, 15) is 4.39 Å². The molecule has 5 heteroatoms. The molecule has 0 amide bonds. The Balaban J connectivity index is 1.29. The maximum absolute atomic E-state index is 14.5. The summed E-state index contributed by atoms with van der Waals surface area (Å²) in [6.07, 6.45) is 0. The molecule has 0 spiro atoms. The fraction of sp³-hybridized carbons (Fsp3) is 0.0727. The first-order valence-corrected chi connectivity index (χ1v) is 20.3. The smallest absolute Gasteiger partial charge is 0.164 e. The summed E-state index contributed by atoms with van der Waals surface area (Å²) in [6, 6.07) is 60.2. The molecule has 0 N–H and O–H groups in total. The maximum atomic E-state index is 14.5. The second-order valence-electron chi connectivity index (χ2n) is 15.8. The van der Waals surface area contributed by atoms with Crippen molar-refractivity contribution < 1.29 is 4.39 Å². The molecule has 8 aromatic carbocycles. The molecule has 2 aromatic heterocycles. The summed E-state index contributed by atoms with van der Waals surface area (Å²) in [7, 11) is 0. The third-order valence-corrected chi connectivity index (χ3v) is 11.2. The normalized spacial score (nSPS) is 11.4. The summed E-state index contributed by atoms with van der Waals surface area (Å²) in [6.45, 7) is 8.59. The lowest BCUT2D eigenvalue weighted by molar-refractivity contribution is 0.628. The molecule has 2 heterocycles. The monoisotopic (exact) mass is 776 g/mol. The number of hydrogen-bond donors (Lipinski definition) is 0. The van der Waals surface area contributed by atoms with Crippen LogP contribution in [0.5, 0.6) is 0 Å². The zero-order valence-electron chi connectivity index (χ0n) is 33.9. The molecule has 0 bridgehead atoms. The predicted molar refractivity (Wildman–Crippen MR) is 246 cm³/mol. The number of benzene rings is 8. The molecule has 4 nitrogen and oxygen atoms in total. The highest BCUT2D eigenvalue weighted by molar-refractivity contribution is 6.12. The first-order chi connectivity index (χ1) is 29.2. The Morgan fingerprint density at radius 2 is 0.767 bits per heavy atom. The van der Waals surface area contributed by atoms with Gasteiger partial charge < -0.3 is 4.57 Å². The summed E-state index contributed by atoms with van der Waals surface area (Å²) < 4.78 is 16.9. The van der Waals surface area contributed by atoms with Gasteiger partial charge in [0.25, 0.3) is 0 Å². The van der Waals surface area contributed by atoms with Crippen LogP contribution in [0, 0.1) is 33.5 Å². The summed E-state index contributed by atoms with van der Waals surface area (Å²) in [5.41, 5.74) is 17.0. The summed E-state index contributed by atoms with van der Waals surface area (Å²) >= 11 is 0. The third-order valence-electron chi connectivity index (χ3n) is 11.2. The Kier molecular flexibility index (Phi) is 9.22. The summed E-state index contributed by atoms with van der Waals surface area (Å²) in [4.78, 5) is 15.2. The highest BCUT2D eigenvalue weighted by Gasteiger charge is 2.21. The molecule has 0 atom stereocenters. The van der Waals surface area contributed by atoms with Crippen molar-refractivity contribution in [1.29, 1.82) is 0 Å². The van der Waals surface area contributed by atoms with Gasteiger partial charge in [0.1, 0.15) is 5.82 Å². The zero-order chi connectivity index (χ0) is 40.9. The molecule has 10 aromatic rings. The number of aromatic nitrogens is 4.